The lowest BCUT2D eigenvalue weighted by atomic mass is 9.95. The zero-order valence-electron chi connectivity index (χ0n) is 17.2. The first-order chi connectivity index (χ1) is 14.5. The molecule has 2 aliphatic rings. The molecule has 2 heterocycles. The standard InChI is InChI=1S/C23H27F2N3O2/c1-27-8-2-3-16-13-17(5-7-21(16)27)22(28-9-11-30-12-10-28)15-26-23(29)18-4-6-19(24)20(25)14-18/h4-7,13-14,22H,2-3,8-12,15H2,1H3,(H,26,29). The summed E-state index contributed by atoms with van der Waals surface area (Å²) in [6, 6.07) is 9.73. The molecular formula is C23H27F2N3O2. The fourth-order valence-electron chi connectivity index (χ4n) is 4.29. The lowest BCUT2D eigenvalue weighted by Gasteiger charge is -2.36. The van der Waals surface area contributed by atoms with E-state index < -0.39 is 17.5 Å². The molecule has 2 aromatic rings. The third-order valence-corrected chi connectivity index (χ3v) is 5.96. The molecule has 0 spiro atoms. The van der Waals surface area contributed by atoms with Gasteiger partial charge in [-0.1, -0.05) is 12.1 Å². The molecule has 4 rings (SSSR count). The maximum absolute atomic E-state index is 13.5. The van der Waals surface area contributed by atoms with Crippen LogP contribution in [-0.4, -0.2) is 57.2 Å². The van der Waals surface area contributed by atoms with Gasteiger partial charge in [-0.15, -0.1) is 0 Å². The summed E-state index contributed by atoms with van der Waals surface area (Å²) in [5, 5.41) is 2.91. The molecule has 2 aliphatic heterocycles. The summed E-state index contributed by atoms with van der Waals surface area (Å²) in [7, 11) is 2.11. The SMILES string of the molecule is CN1CCCc2cc(C(CNC(=O)c3ccc(F)c(F)c3)N3CCOCC3)ccc21. The minimum Gasteiger partial charge on any atom is -0.379 e. The number of rotatable bonds is 5. The van der Waals surface area contributed by atoms with Crippen molar-refractivity contribution in [3.63, 3.8) is 0 Å². The first-order valence-electron chi connectivity index (χ1n) is 10.4. The number of nitrogens with one attached hydrogen (secondary N) is 1. The van der Waals surface area contributed by atoms with Crippen LogP contribution in [-0.2, 0) is 11.2 Å². The Kier molecular flexibility index (Phi) is 6.29. The van der Waals surface area contributed by atoms with Crippen LogP contribution in [0.3, 0.4) is 0 Å². The van der Waals surface area contributed by atoms with Crippen molar-refractivity contribution in [2.24, 2.45) is 0 Å². The van der Waals surface area contributed by atoms with E-state index in [-0.39, 0.29) is 11.6 Å². The van der Waals surface area contributed by atoms with Crippen LogP contribution in [0.25, 0.3) is 0 Å². The monoisotopic (exact) mass is 415 g/mol. The van der Waals surface area contributed by atoms with Gasteiger partial charge in [0.05, 0.1) is 19.3 Å². The van der Waals surface area contributed by atoms with Crippen LogP contribution < -0.4 is 10.2 Å². The molecule has 1 N–H and O–H groups in total. The quantitative estimate of drug-likeness (QED) is 0.815. The Morgan fingerprint density at radius 2 is 1.90 bits per heavy atom. The zero-order valence-corrected chi connectivity index (χ0v) is 17.2. The minimum absolute atomic E-state index is 0.0133. The van der Waals surface area contributed by atoms with Crippen molar-refractivity contribution >= 4 is 11.6 Å². The second-order valence-corrected chi connectivity index (χ2v) is 7.92. The van der Waals surface area contributed by atoms with E-state index in [9.17, 15) is 13.6 Å². The molecule has 1 fully saturated rings. The fraction of sp³-hybridized carbons (Fsp3) is 0.435. The van der Waals surface area contributed by atoms with E-state index in [0.717, 1.165) is 50.2 Å². The number of carbonyl (C=O) groups excluding carboxylic acids is 1. The average molecular weight is 415 g/mol. The summed E-state index contributed by atoms with van der Waals surface area (Å²) in [6.07, 6.45) is 2.17. The summed E-state index contributed by atoms with van der Waals surface area (Å²) in [4.78, 5) is 17.1. The van der Waals surface area contributed by atoms with Gasteiger partial charge >= 0.3 is 0 Å². The summed E-state index contributed by atoms with van der Waals surface area (Å²) < 4.78 is 32.2. The molecule has 1 unspecified atom stereocenters. The van der Waals surface area contributed by atoms with E-state index in [2.05, 4.69) is 40.4 Å². The molecule has 1 amide bonds. The topological polar surface area (TPSA) is 44.8 Å². The molecule has 0 bridgehead atoms. The van der Waals surface area contributed by atoms with Gasteiger partial charge in [-0.25, -0.2) is 8.78 Å². The van der Waals surface area contributed by atoms with Crippen molar-refractivity contribution in [1.29, 1.82) is 0 Å². The molecule has 0 radical (unpaired) electrons. The molecule has 0 aliphatic carbocycles. The van der Waals surface area contributed by atoms with Crippen molar-refractivity contribution < 1.29 is 18.3 Å². The number of ether oxygens (including phenoxy) is 1. The molecule has 5 nitrogen and oxygen atoms in total. The Bertz CT molecular complexity index is 915. The number of fused-ring (bicyclic) bond motifs is 1. The van der Waals surface area contributed by atoms with Crippen LogP contribution in [0.2, 0.25) is 0 Å². The molecule has 1 atom stereocenters. The lowest BCUT2D eigenvalue weighted by molar-refractivity contribution is 0.0162. The van der Waals surface area contributed by atoms with Gasteiger partial charge < -0.3 is 15.0 Å². The van der Waals surface area contributed by atoms with Gasteiger partial charge in [0.25, 0.3) is 5.91 Å². The third kappa shape index (κ3) is 4.47. The number of hydrogen-bond donors (Lipinski definition) is 1. The number of amides is 1. The first kappa shape index (κ1) is 20.8. The summed E-state index contributed by atoms with van der Waals surface area (Å²) in [6.45, 7) is 4.31. The summed E-state index contributed by atoms with van der Waals surface area (Å²) in [5.74, 6) is -2.40. The number of nitrogens with zero attached hydrogens (tertiary/aromatic N) is 2. The van der Waals surface area contributed by atoms with Crippen LogP contribution in [0.5, 0.6) is 0 Å². The highest BCUT2D eigenvalue weighted by atomic mass is 19.2. The van der Waals surface area contributed by atoms with E-state index in [4.69, 9.17) is 4.74 Å². The highest BCUT2D eigenvalue weighted by Gasteiger charge is 2.25. The van der Waals surface area contributed by atoms with Gasteiger partial charge in [-0.2, -0.15) is 0 Å². The third-order valence-electron chi connectivity index (χ3n) is 5.96. The van der Waals surface area contributed by atoms with Gasteiger partial charge in [0.2, 0.25) is 0 Å². The smallest absolute Gasteiger partial charge is 0.251 e. The second-order valence-electron chi connectivity index (χ2n) is 7.92. The predicted octanol–water partition coefficient (Wildman–Crippen LogP) is 3.15. The van der Waals surface area contributed by atoms with Crippen molar-refractivity contribution in [3.8, 4) is 0 Å². The van der Waals surface area contributed by atoms with E-state index in [1.165, 1.54) is 17.3 Å². The highest BCUT2D eigenvalue weighted by Crippen LogP contribution is 2.31. The molecule has 30 heavy (non-hydrogen) atoms. The Balaban J connectivity index is 1.54. The van der Waals surface area contributed by atoms with E-state index in [1.807, 2.05) is 0 Å². The lowest BCUT2D eigenvalue weighted by Crippen LogP contribution is -2.44. The number of halogens is 2. The van der Waals surface area contributed by atoms with Crippen LogP contribution in [0.15, 0.2) is 36.4 Å². The molecule has 0 aromatic heterocycles. The minimum atomic E-state index is -1.02. The molecule has 0 saturated carbocycles. The Labute approximate surface area is 175 Å². The van der Waals surface area contributed by atoms with Gasteiger partial charge in [-0.05, 0) is 48.2 Å². The number of anilines is 1. The molecule has 7 heteroatoms. The van der Waals surface area contributed by atoms with Crippen LogP contribution in [0.1, 0.15) is 33.9 Å². The van der Waals surface area contributed by atoms with Gasteiger partial charge in [-0.3, -0.25) is 9.69 Å². The van der Waals surface area contributed by atoms with Gasteiger partial charge in [0.1, 0.15) is 0 Å². The van der Waals surface area contributed by atoms with Crippen molar-refractivity contribution in [2.45, 2.75) is 18.9 Å². The van der Waals surface area contributed by atoms with E-state index in [1.54, 1.807) is 0 Å². The maximum Gasteiger partial charge on any atom is 0.251 e. The Hall–Kier alpha value is -2.51. The van der Waals surface area contributed by atoms with E-state index in [0.29, 0.717) is 19.8 Å². The summed E-state index contributed by atoms with van der Waals surface area (Å²) >= 11 is 0. The molecule has 160 valence electrons. The van der Waals surface area contributed by atoms with Gasteiger partial charge in [0.15, 0.2) is 11.6 Å². The van der Waals surface area contributed by atoms with Gasteiger partial charge in [0, 0.05) is 44.5 Å². The zero-order chi connectivity index (χ0) is 21.1. The van der Waals surface area contributed by atoms with Crippen molar-refractivity contribution in [1.82, 2.24) is 10.2 Å². The second kappa shape index (κ2) is 9.10. The first-order valence-corrected chi connectivity index (χ1v) is 10.4. The number of hydrogen-bond acceptors (Lipinski definition) is 4. The Morgan fingerprint density at radius 1 is 1.10 bits per heavy atom. The summed E-state index contributed by atoms with van der Waals surface area (Å²) in [5.41, 5.74) is 3.85. The van der Waals surface area contributed by atoms with E-state index >= 15 is 0 Å². The van der Waals surface area contributed by atoms with Crippen LogP contribution >= 0.6 is 0 Å². The number of benzene rings is 2. The number of morpholine rings is 1. The fourth-order valence-corrected chi connectivity index (χ4v) is 4.29. The van der Waals surface area contributed by atoms with Crippen LogP contribution in [0.4, 0.5) is 14.5 Å². The average Bonchev–Trinajstić information content (AvgIpc) is 2.76. The molecule has 1 saturated heterocycles. The van der Waals surface area contributed by atoms with Crippen molar-refractivity contribution in [3.05, 3.63) is 64.7 Å². The maximum atomic E-state index is 13.5. The molecular weight excluding hydrogens is 388 g/mol. The Morgan fingerprint density at radius 3 is 2.67 bits per heavy atom. The number of carbonyl (C=O) groups is 1. The molecule has 2 aromatic carbocycles. The predicted molar refractivity (Wildman–Crippen MR) is 112 cm³/mol. The van der Waals surface area contributed by atoms with Crippen LogP contribution in [0, 0.1) is 11.6 Å². The number of aryl methyl sites for hydroxylation is 1. The largest absolute Gasteiger partial charge is 0.379 e. The normalized spacial score (nSPS) is 18.0. The highest BCUT2D eigenvalue weighted by molar-refractivity contribution is 5.94. The van der Waals surface area contributed by atoms with Crippen molar-refractivity contribution in [2.75, 3.05) is 51.3 Å².